The van der Waals surface area contributed by atoms with Gasteiger partial charge in [-0.25, -0.2) is 4.98 Å². The zero-order valence-corrected chi connectivity index (χ0v) is 10.2. The first kappa shape index (κ1) is 10.3. The van der Waals surface area contributed by atoms with Crippen LogP contribution in [0.25, 0.3) is 22.6 Å². The van der Waals surface area contributed by atoms with Crippen LogP contribution >= 0.6 is 0 Å². The van der Waals surface area contributed by atoms with Gasteiger partial charge in [0, 0.05) is 24.2 Å². The second-order valence-electron chi connectivity index (χ2n) is 4.43. The fraction of sp³-hybridized carbons (Fsp3) is 0.0667. The summed E-state index contributed by atoms with van der Waals surface area (Å²) in [5.74, 6) is 1.75. The molecule has 0 unspecified atom stereocenters. The van der Waals surface area contributed by atoms with Gasteiger partial charge in [0.05, 0.1) is 11.3 Å². The van der Waals surface area contributed by atoms with Gasteiger partial charge in [-0.05, 0) is 6.07 Å². The number of hydrogen-bond donors (Lipinski definition) is 0. The number of ether oxygens (including phenoxy) is 1. The average Bonchev–Trinajstić information content (AvgIpc) is 2.93. The molecule has 1 aromatic carbocycles. The Kier molecular flexibility index (Phi) is 2.14. The van der Waals surface area contributed by atoms with Crippen molar-refractivity contribution in [1.29, 1.82) is 0 Å². The standard InChI is InChI=1S/C15H11N3O/c1-2-4-11(5-3-1)13-9-18-10-19-14-6-7-16-8-12(14)15(18)17-13/h1-9H,10H2. The number of pyridine rings is 1. The Labute approximate surface area is 110 Å². The molecule has 0 bridgehead atoms. The van der Waals surface area contributed by atoms with Gasteiger partial charge >= 0.3 is 0 Å². The Bertz CT molecular complexity index is 734. The summed E-state index contributed by atoms with van der Waals surface area (Å²) in [5.41, 5.74) is 3.00. The van der Waals surface area contributed by atoms with Crippen molar-refractivity contribution in [2.24, 2.45) is 0 Å². The molecule has 0 atom stereocenters. The normalized spacial score (nSPS) is 12.4. The number of hydrogen-bond acceptors (Lipinski definition) is 3. The molecule has 0 aliphatic carbocycles. The molecular formula is C15H11N3O. The highest BCUT2D eigenvalue weighted by molar-refractivity contribution is 5.69. The highest BCUT2D eigenvalue weighted by Gasteiger charge is 2.20. The number of fused-ring (bicyclic) bond motifs is 3. The molecule has 4 nitrogen and oxygen atoms in total. The third-order valence-corrected chi connectivity index (χ3v) is 3.23. The molecule has 2 aromatic heterocycles. The minimum Gasteiger partial charge on any atom is -0.472 e. The van der Waals surface area contributed by atoms with Gasteiger partial charge in [-0.1, -0.05) is 30.3 Å². The Morgan fingerprint density at radius 3 is 2.89 bits per heavy atom. The van der Waals surface area contributed by atoms with Crippen LogP contribution in [0.3, 0.4) is 0 Å². The quantitative estimate of drug-likeness (QED) is 0.665. The lowest BCUT2D eigenvalue weighted by Gasteiger charge is -2.17. The van der Waals surface area contributed by atoms with E-state index in [2.05, 4.69) is 17.1 Å². The number of aromatic nitrogens is 3. The Hall–Kier alpha value is -2.62. The smallest absolute Gasteiger partial charge is 0.166 e. The van der Waals surface area contributed by atoms with Crippen LogP contribution in [0.2, 0.25) is 0 Å². The van der Waals surface area contributed by atoms with Crippen molar-refractivity contribution >= 4 is 0 Å². The number of imidazole rings is 1. The average molecular weight is 249 g/mol. The minimum absolute atomic E-state index is 0.492. The van der Waals surface area contributed by atoms with Gasteiger partial charge in [0.15, 0.2) is 6.73 Å². The van der Waals surface area contributed by atoms with E-state index in [4.69, 9.17) is 9.72 Å². The second-order valence-corrected chi connectivity index (χ2v) is 4.43. The molecule has 4 heteroatoms. The first-order chi connectivity index (χ1) is 9.42. The van der Waals surface area contributed by atoms with E-state index in [1.807, 2.05) is 35.0 Å². The number of rotatable bonds is 1. The molecule has 92 valence electrons. The zero-order valence-electron chi connectivity index (χ0n) is 10.2. The summed E-state index contributed by atoms with van der Waals surface area (Å²) in [6, 6.07) is 12.0. The van der Waals surface area contributed by atoms with Crippen molar-refractivity contribution in [1.82, 2.24) is 14.5 Å². The van der Waals surface area contributed by atoms with Crippen LogP contribution in [0.15, 0.2) is 55.0 Å². The van der Waals surface area contributed by atoms with E-state index in [1.165, 1.54) is 0 Å². The third-order valence-electron chi connectivity index (χ3n) is 3.23. The lowest BCUT2D eigenvalue weighted by molar-refractivity contribution is 0.229. The summed E-state index contributed by atoms with van der Waals surface area (Å²) in [6.07, 6.45) is 5.54. The highest BCUT2D eigenvalue weighted by atomic mass is 16.5. The SMILES string of the molecule is c1ccc(-c2cn3c(n2)-c2cnccc2OC3)cc1. The molecule has 0 saturated carbocycles. The van der Waals surface area contributed by atoms with Crippen LogP contribution in [-0.2, 0) is 6.73 Å². The van der Waals surface area contributed by atoms with Crippen LogP contribution < -0.4 is 4.74 Å². The minimum atomic E-state index is 0.492. The van der Waals surface area contributed by atoms with Gasteiger partial charge in [0.1, 0.15) is 11.6 Å². The van der Waals surface area contributed by atoms with E-state index in [0.717, 1.165) is 28.4 Å². The van der Waals surface area contributed by atoms with Gasteiger partial charge in [-0.3, -0.25) is 9.55 Å². The van der Waals surface area contributed by atoms with E-state index in [1.54, 1.807) is 12.4 Å². The summed E-state index contributed by atoms with van der Waals surface area (Å²) in [6.45, 7) is 0.492. The van der Waals surface area contributed by atoms with Crippen LogP contribution in [0.4, 0.5) is 0 Å². The Morgan fingerprint density at radius 2 is 2.00 bits per heavy atom. The summed E-state index contributed by atoms with van der Waals surface area (Å²) in [4.78, 5) is 8.85. The molecular weight excluding hydrogens is 238 g/mol. The van der Waals surface area contributed by atoms with Gasteiger partial charge in [-0.2, -0.15) is 0 Å². The maximum atomic E-state index is 5.68. The number of nitrogens with zero attached hydrogens (tertiary/aromatic N) is 3. The maximum Gasteiger partial charge on any atom is 0.166 e. The van der Waals surface area contributed by atoms with Crippen LogP contribution in [-0.4, -0.2) is 14.5 Å². The Balaban J connectivity index is 1.88. The largest absolute Gasteiger partial charge is 0.472 e. The molecule has 4 rings (SSSR count). The molecule has 3 aromatic rings. The Morgan fingerprint density at radius 1 is 1.11 bits per heavy atom. The van der Waals surface area contributed by atoms with Crippen molar-refractivity contribution in [3.05, 3.63) is 55.0 Å². The molecule has 0 spiro atoms. The molecule has 1 aliphatic rings. The fourth-order valence-corrected chi connectivity index (χ4v) is 2.29. The van der Waals surface area contributed by atoms with Crippen LogP contribution in [0, 0.1) is 0 Å². The van der Waals surface area contributed by atoms with Crippen LogP contribution in [0.1, 0.15) is 0 Å². The molecule has 0 amide bonds. The molecule has 19 heavy (non-hydrogen) atoms. The van der Waals surface area contributed by atoms with Crippen molar-refractivity contribution < 1.29 is 4.74 Å². The fourth-order valence-electron chi connectivity index (χ4n) is 2.29. The van der Waals surface area contributed by atoms with Crippen molar-refractivity contribution in [3.8, 4) is 28.4 Å². The van der Waals surface area contributed by atoms with E-state index in [9.17, 15) is 0 Å². The van der Waals surface area contributed by atoms with E-state index in [-0.39, 0.29) is 0 Å². The zero-order chi connectivity index (χ0) is 12.7. The lowest BCUT2D eigenvalue weighted by atomic mass is 10.2. The van der Waals surface area contributed by atoms with Crippen molar-refractivity contribution in [3.63, 3.8) is 0 Å². The monoisotopic (exact) mass is 249 g/mol. The molecule has 0 fully saturated rings. The molecule has 0 radical (unpaired) electrons. The van der Waals surface area contributed by atoms with Crippen molar-refractivity contribution in [2.75, 3.05) is 0 Å². The molecule has 0 N–H and O–H groups in total. The van der Waals surface area contributed by atoms with E-state index < -0.39 is 0 Å². The summed E-state index contributed by atoms with van der Waals surface area (Å²) in [5, 5.41) is 0. The summed E-state index contributed by atoms with van der Waals surface area (Å²) >= 11 is 0. The van der Waals surface area contributed by atoms with Gasteiger partial charge < -0.3 is 4.74 Å². The lowest BCUT2D eigenvalue weighted by Crippen LogP contribution is -2.12. The third kappa shape index (κ3) is 1.61. The van der Waals surface area contributed by atoms with Gasteiger partial charge in [0.2, 0.25) is 0 Å². The second kappa shape index (κ2) is 3.95. The predicted octanol–water partition coefficient (Wildman–Crippen LogP) is 2.96. The van der Waals surface area contributed by atoms with Crippen molar-refractivity contribution in [2.45, 2.75) is 6.73 Å². The van der Waals surface area contributed by atoms with E-state index >= 15 is 0 Å². The first-order valence-electron chi connectivity index (χ1n) is 6.11. The van der Waals surface area contributed by atoms with Gasteiger partial charge in [0.25, 0.3) is 0 Å². The van der Waals surface area contributed by atoms with Gasteiger partial charge in [-0.15, -0.1) is 0 Å². The summed E-state index contributed by atoms with van der Waals surface area (Å²) in [7, 11) is 0. The number of benzene rings is 1. The summed E-state index contributed by atoms with van der Waals surface area (Å²) < 4.78 is 7.69. The highest BCUT2D eigenvalue weighted by Crippen LogP contribution is 2.34. The van der Waals surface area contributed by atoms with E-state index in [0.29, 0.717) is 6.73 Å². The predicted molar refractivity (Wildman–Crippen MR) is 71.5 cm³/mol. The molecule has 1 aliphatic heterocycles. The van der Waals surface area contributed by atoms with Crippen LogP contribution in [0.5, 0.6) is 5.75 Å². The maximum absolute atomic E-state index is 5.68. The first-order valence-corrected chi connectivity index (χ1v) is 6.11. The molecule has 3 heterocycles. The molecule has 0 saturated heterocycles. The topological polar surface area (TPSA) is 39.9 Å².